The first-order valence-electron chi connectivity index (χ1n) is 20.7. The van der Waals surface area contributed by atoms with Crippen LogP contribution in [-0.2, 0) is 32.7 Å². The SMILES string of the molecule is CC/C=C\C/C=C\C/C=C\C/C=C\C/C=C\CCCC(=O)OC(COC(=O)CCCCCCC/C=C\CCCCCCCCC)COP(=O)(O)OCC. The first-order valence-corrected chi connectivity index (χ1v) is 22.2. The van der Waals surface area contributed by atoms with E-state index in [0.29, 0.717) is 12.8 Å². The van der Waals surface area contributed by atoms with Gasteiger partial charge in [0.1, 0.15) is 6.61 Å². The number of allylic oxidation sites excluding steroid dienone is 12. The molecule has 9 heteroatoms. The lowest BCUT2D eigenvalue weighted by Gasteiger charge is -2.19. The van der Waals surface area contributed by atoms with Crippen LogP contribution in [0.5, 0.6) is 0 Å². The lowest BCUT2D eigenvalue weighted by molar-refractivity contribution is -0.161. The fourth-order valence-corrected chi connectivity index (χ4v) is 6.00. The Hall–Kier alpha value is -2.51. The van der Waals surface area contributed by atoms with Gasteiger partial charge in [0.15, 0.2) is 6.10 Å². The summed E-state index contributed by atoms with van der Waals surface area (Å²) in [5, 5.41) is 0. The van der Waals surface area contributed by atoms with E-state index >= 15 is 0 Å². The number of hydrogen-bond acceptors (Lipinski definition) is 7. The maximum Gasteiger partial charge on any atom is 0.472 e. The van der Waals surface area contributed by atoms with E-state index in [9.17, 15) is 19.0 Å². The van der Waals surface area contributed by atoms with Gasteiger partial charge in [-0.25, -0.2) is 4.57 Å². The zero-order chi connectivity index (χ0) is 38.9. The molecule has 1 N–H and O–H groups in total. The predicted molar refractivity (Wildman–Crippen MR) is 221 cm³/mol. The highest BCUT2D eigenvalue weighted by atomic mass is 31.2. The van der Waals surface area contributed by atoms with Crippen LogP contribution in [0, 0.1) is 0 Å². The van der Waals surface area contributed by atoms with Crippen molar-refractivity contribution in [2.24, 2.45) is 0 Å². The average Bonchev–Trinajstić information content (AvgIpc) is 3.13. The van der Waals surface area contributed by atoms with Crippen LogP contribution in [0.2, 0.25) is 0 Å². The van der Waals surface area contributed by atoms with Crippen molar-refractivity contribution in [3.63, 3.8) is 0 Å². The molecule has 0 aromatic rings. The van der Waals surface area contributed by atoms with Gasteiger partial charge in [0.25, 0.3) is 0 Å². The summed E-state index contributed by atoms with van der Waals surface area (Å²) in [4.78, 5) is 34.7. The van der Waals surface area contributed by atoms with Gasteiger partial charge in [-0.05, 0) is 84.0 Å². The third-order valence-electron chi connectivity index (χ3n) is 8.25. The standard InChI is InChI=1S/C44H75O8P/c1-4-7-9-11-13-15-17-19-21-23-25-27-29-31-33-35-37-39-44(46)52-42(41-51-53(47,48)50-6-3)40-49-43(45)38-36-34-32-30-28-26-24-22-20-18-16-14-12-10-8-5-2/h7,9,13,15,19,21-22,24-25,27,31,33,42H,4-6,8,10-12,14,16-18,20,23,26,28-30,32,34-41H2,1-3H3,(H,47,48)/b9-7-,15-13-,21-19-,24-22-,27-25-,33-31-. The molecule has 2 unspecified atom stereocenters. The predicted octanol–water partition coefficient (Wildman–Crippen LogP) is 12.9. The molecule has 0 fully saturated rings. The summed E-state index contributed by atoms with van der Waals surface area (Å²) in [6, 6.07) is 0. The summed E-state index contributed by atoms with van der Waals surface area (Å²) in [6.45, 7) is 5.27. The lowest BCUT2D eigenvalue weighted by Crippen LogP contribution is -2.29. The normalized spacial score (nSPS) is 14.1. The topological polar surface area (TPSA) is 108 Å². The van der Waals surface area contributed by atoms with Gasteiger partial charge in [0.05, 0.1) is 13.2 Å². The third-order valence-corrected chi connectivity index (χ3v) is 9.31. The van der Waals surface area contributed by atoms with E-state index in [0.717, 1.165) is 70.6 Å². The average molecular weight is 763 g/mol. The molecule has 0 saturated heterocycles. The van der Waals surface area contributed by atoms with Crippen molar-refractivity contribution in [1.29, 1.82) is 0 Å². The van der Waals surface area contributed by atoms with Crippen molar-refractivity contribution in [3.05, 3.63) is 72.9 Å². The van der Waals surface area contributed by atoms with E-state index in [1.165, 1.54) is 51.4 Å². The van der Waals surface area contributed by atoms with Gasteiger partial charge in [-0.3, -0.25) is 18.6 Å². The third kappa shape index (κ3) is 39.0. The number of phosphoric acid groups is 1. The molecule has 0 saturated carbocycles. The fourth-order valence-electron chi connectivity index (χ4n) is 5.25. The summed E-state index contributed by atoms with van der Waals surface area (Å²) in [5.41, 5.74) is 0. The molecule has 0 spiro atoms. The van der Waals surface area contributed by atoms with Crippen LogP contribution in [0.3, 0.4) is 0 Å². The molecular formula is C44H75O8P. The first kappa shape index (κ1) is 50.5. The van der Waals surface area contributed by atoms with Gasteiger partial charge in [0, 0.05) is 12.8 Å². The minimum absolute atomic E-state index is 0.0149. The molecule has 0 aliphatic heterocycles. The van der Waals surface area contributed by atoms with Gasteiger partial charge in [0.2, 0.25) is 0 Å². The molecular weight excluding hydrogens is 687 g/mol. The molecule has 8 nitrogen and oxygen atoms in total. The number of esters is 2. The zero-order valence-electron chi connectivity index (χ0n) is 33.6. The van der Waals surface area contributed by atoms with E-state index in [-0.39, 0.29) is 26.1 Å². The Balaban J connectivity index is 4.24. The highest BCUT2D eigenvalue weighted by Crippen LogP contribution is 2.43. The Bertz CT molecular complexity index is 1090. The van der Waals surface area contributed by atoms with Crippen LogP contribution < -0.4 is 0 Å². The molecule has 0 rings (SSSR count). The van der Waals surface area contributed by atoms with Gasteiger partial charge < -0.3 is 14.4 Å². The van der Waals surface area contributed by atoms with Crippen LogP contribution >= 0.6 is 7.82 Å². The zero-order valence-corrected chi connectivity index (χ0v) is 34.5. The molecule has 0 aromatic carbocycles. The summed E-state index contributed by atoms with van der Waals surface area (Å²) in [5.74, 6) is -0.881. The van der Waals surface area contributed by atoms with Gasteiger partial charge >= 0.3 is 19.8 Å². The molecule has 0 aromatic heterocycles. The summed E-state index contributed by atoms with van der Waals surface area (Å²) >= 11 is 0. The second-order valence-electron chi connectivity index (χ2n) is 13.3. The quantitative estimate of drug-likeness (QED) is 0.0288. The van der Waals surface area contributed by atoms with Crippen molar-refractivity contribution in [2.45, 2.75) is 175 Å². The van der Waals surface area contributed by atoms with Crippen molar-refractivity contribution >= 4 is 19.8 Å². The highest BCUT2D eigenvalue weighted by Gasteiger charge is 2.25. The number of hydrogen-bond donors (Lipinski definition) is 1. The molecule has 0 aliphatic rings. The van der Waals surface area contributed by atoms with E-state index in [1.54, 1.807) is 6.92 Å². The van der Waals surface area contributed by atoms with Crippen molar-refractivity contribution in [3.8, 4) is 0 Å². The Morgan fingerprint density at radius 1 is 0.528 bits per heavy atom. The molecule has 0 bridgehead atoms. The molecule has 304 valence electrons. The molecule has 0 heterocycles. The van der Waals surface area contributed by atoms with Crippen LogP contribution in [0.15, 0.2) is 72.9 Å². The minimum Gasteiger partial charge on any atom is -0.462 e. The number of rotatable bonds is 37. The lowest BCUT2D eigenvalue weighted by atomic mass is 10.1. The fraction of sp³-hybridized carbons (Fsp3) is 0.682. The van der Waals surface area contributed by atoms with Gasteiger partial charge in [-0.1, -0.05) is 145 Å². The number of carbonyl (C=O) groups is 2. The summed E-state index contributed by atoms with van der Waals surface area (Å²) in [6.07, 6.45) is 48.2. The van der Waals surface area contributed by atoms with Crippen LogP contribution in [-0.4, -0.2) is 42.8 Å². The molecule has 2 atom stereocenters. The summed E-state index contributed by atoms with van der Waals surface area (Å²) < 4.78 is 32.5. The molecule has 0 amide bonds. The van der Waals surface area contributed by atoms with E-state index in [1.807, 2.05) is 6.08 Å². The Kier molecular flexibility index (Phi) is 37.3. The molecule has 0 aliphatic carbocycles. The van der Waals surface area contributed by atoms with Crippen molar-refractivity contribution in [1.82, 2.24) is 0 Å². The first-order chi connectivity index (χ1) is 25.8. The second-order valence-corrected chi connectivity index (χ2v) is 14.7. The van der Waals surface area contributed by atoms with Crippen LogP contribution in [0.25, 0.3) is 0 Å². The molecule has 53 heavy (non-hydrogen) atoms. The van der Waals surface area contributed by atoms with Crippen LogP contribution in [0.4, 0.5) is 0 Å². The Morgan fingerprint density at radius 3 is 1.53 bits per heavy atom. The number of carbonyl (C=O) groups excluding carboxylic acids is 2. The largest absolute Gasteiger partial charge is 0.472 e. The highest BCUT2D eigenvalue weighted by molar-refractivity contribution is 7.47. The van der Waals surface area contributed by atoms with Crippen molar-refractivity contribution in [2.75, 3.05) is 19.8 Å². The monoisotopic (exact) mass is 763 g/mol. The second kappa shape index (κ2) is 39.2. The Labute approximate surface area is 323 Å². The van der Waals surface area contributed by atoms with E-state index < -0.39 is 32.5 Å². The number of ether oxygens (including phenoxy) is 2. The molecule has 0 radical (unpaired) electrons. The van der Waals surface area contributed by atoms with E-state index in [4.69, 9.17) is 18.5 Å². The maximum absolute atomic E-state index is 12.5. The minimum atomic E-state index is -4.30. The van der Waals surface area contributed by atoms with Crippen molar-refractivity contribution < 1.29 is 37.6 Å². The summed E-state index contributed by atoms with van der Waals surface area (Å²) in [7, 11) is -4.30. The number of unbranched alkanes of at least 4 members (excludes halogenated alkanes) is 13. The Morgan fingerprint density at radius 2 is 0.981 bits per heavy atom. The smallest absolute Gasteiger partial charge is 0.462 e. The van der Waals surface area contributed by atoms with Crippen LogP contribution in [0.1, 0.15) is 168 Å². The van der Waals surface area contributed by atoms with Gasteiger partial charge in [-0.15, -0.1) is 0 Å². The van der Waals surface area contributed by atoms with Gasteiger partial charge in [-0.2, -0.15) is 0 Å². The van der Waals surface area contributed by atoms with E-state index in [2.05, 4.69) is 80.7 Å². The maximum atomic E-state index is 12.5. The number of phosphoric ester groups is 1.